The van der Waals surface area contributed by atoms with Gasteiger partial charge in [-0.1, -0.05) is 75.2 Å². The molecule has 12 heterocycles. The van der Waals surface area contributed by atoms with Crippen molar-refractivity contribution in [2.45, 2.75) is 91.4 Å². The van der Waals surface area contributed by atoms with Crippen LogP contribution in [0.25, 0.3) is 42.3 Å². The summed E-state index contributed by atoms with van der Waals surface area (Å²) in [6, 6.07) is 58.5. The van der Waals surface area contributed by atoms with Gasteiger partial charge in [-0.2, -0.15) is 0 Å². The number of aromatic nitrogens is 8. The predicted octanol–water partition coefficient (Wildman–Crippen LogP) is 22.4. The van der Waals surface area contributed by atoms with Gasteiger partial charge in [0.25, 0.3) is 0 Å². The minimum atomic E-state index is 0.619. The first-order valence-electron chi connectivity index (χ1n) is 37.1. The molecule has 8 aromatic heterocycles. The smallest absolute Gasteiger partial charge is 0.227 e. The van der Waals surface area contributed by atoms with Gasteiger partial charge in [0.15, 0.2) is 0 Å². The second-order valence-electron chi connectivity index (χ2n) is 27.8. The molecule has 0 bridgehead atoms. The Morgan fingerprint density at radius 2 is 0.648 bits per heavy atom. The number of likely N-dealkylation sites (N-methyl/N-ethyl adjacent to an activating group) is 1. The predicted molar refractivity (Wildman–Crippen MR) is 465 cm³/mol. The summed E-state index contributed by atoms with van der Waals surface area (Å²) in [4.78, 5) is 53.2. The molecule has 4 fully saturated rings. The van der Waals surface area contributed by atoms with Gasteiger partial charge in [0.05, 0.1) is 57.4 Å². The van der Waals surface area contributed by atoms with E-state index in [-0.39, 0.29) is 0 Å². The number of hydrogen-bond acceptors (Lipinski definition) is 21. The van der Waals surface area contributed by atoms with E-state index in [0.29, 0.717) is 23.8 Å². The van der Waals surface area contributed by atoms with Crippen LogP contribution in [0.1, 0.15) is 87.5 Å². The summed E-state index contributed by atoms with van der Waals surface area (Å²) in [7, 11) is 2.19. The van der Waals surface area contributed by atoms with E-state index in [1.807, 2.05) is 48.5 Å². The zero-order chi connectivity index (χ0) is 74.4. The van der Waals surface area contributed by atoms with Crippen molar-refractivity contribution in [1.82, 2.24) is 64.4 Å². The van der Waals surface area contributed by atoms with Crippen LogP contribution in [0, 0.1) is 11.8 Å². The molecule has 108 heavy (non-hydrogen) atoms. The molecular formula is C83H91Br4N17S4. The molecule has 25 heteroatoms. The Morgan fingerprint density at radius 1 is 0.352 bits per heavy atom. The summed E-state index contributed by atoms with van der Waals surface area (Å²) in [5.41, 5.74) is 13.1. The van der Waals surface area contributed by atoms with Crippen molar-refractivity contribution < 1.29 is 0 Å². The monoisotopic (exact) mass is 1770 g/mol. The van der Waals surface area contributed by atoms with E-state index in [2.05, 4.69) is 292 Å². The van der Waals surface area contributed by atoms with E-state index in [4.69, 9.17) is 0 Å². The quantitative estimate of drug-likeness (QED) is 0.0536. The van der Waals surface area contributed by atoms with Crippen LogP contribution in [0.5, 0.6) is 0 Å². The van der Waals surface area contributed by atoms with E-state index >= 15 is 0 Å². The Balaban J connectivity index is 0.000000127. The molecule has 0 saturated carbocycles. The molecular weight excluding hydrogens is 1680 g/mol. The van der Waals surface area contributed by atoms with Crippen molar-refractivity contribution in [3.05, 3.63) is 232 Å². The third-order valence-electron chi connectivity index (χ3n) is 19.5. The molecule has 16 rings (SSSR count). The summed E-state index contributed by atoms with van der Waals surface area (Å²) >= 11 is 20.7. The molecule has 4 N–H and O–H groups in total. The summed E-state index contributed by atoms with van der Waals surface area (Å²) < 4.78 is 4.41. The standard InChI is InChI=1S/C22H25BrN4S.C21H23BrN4S.C20H22BrN5S.C20H21BrN4S/c1-2-16-9-12-27(13-10-16)15-17-4-3-5-18(14-17)25-22-24-11-8-19(26-22)20-6-7-21(23)28-20;1-15-8-11-26(12-9-15)14-16-3-2-4-17(13-16)24-21-23-10-7-18(25-21)19-5-6-20(22)27-19;1-25-9-11-26(12-10-25)14-15-3-2-4-16(13-15)23-20-22-8-7-17(24-20)18-5-6-19(21)27-18;21-19-8-7-18(26-19)17-9-10-22-20(24-17)23-16-6-4-5-15(13-16)14-25-11-2-1-3-12-25/h3-8,11,14,16H,2,9-10,12-13,15H2,1H3,(H,24,25,26);2-7,10,13,15H,8-9,11-12,14H2,1H3,(H,23,24,25);2-8,13H,9-12,14H2,1H3,(H,22,23,24);4-10,13H,1-3,11-12,14H2,(H,22,23,24). The zero-order valence-corrected chi connectivity index (χ0v) is 70.8. The molecule has 560 valence electrons. The molecule has 17 nitrogen and oxygen atoms in total. The van der Waals surface area contributed by atoms with E-state index in [0.717, 1.165) is 144 Å². The van der Waals surface area contributed by atoms with Crippen molar-refractivity contribution in [1.29, 1.82) is 0 Å². The number of hydrogen-bond donors (Lipinski definition) is 4. The highest BCUT2D eigenvalue weighted by molar-refractivity contribution is 9.11. The van der Waals surface area contributed by atoms with Gasteiger partial charge >= 0.3 is 0 Å². The van der Waals surface area contributed by atoms with Crippen LogP contribution in [0.15, 0.2) is 210 Å². The van der Waals surface area contributed by atoms with Crippen LogP contribution in [-0.4, -0.2) is 137 Å². The zero-order valence-electron chi connectivity index (χ0n) is 61.1. The third-order valence-corrected chi connectivity index (χ3v) is 26.1. The van der Waals surface area contributed by atoms with Gasteiger partial charge in [0.1, 0.15) is 0 Å². The van der Waals surface area contributed by atoms with Crippen LogP contribution in [0.2, 0.25) is 0 Å². The highest BCUT2D eigenvalue weighted by atomic mass is 79.9. The average molecular weight is 1770 g/mol. The summed E-state index contributed by atoms with van der Waals surface area (Å²) in [5, 5.41) is 13.4. The highest BCUT2D eigenvalue weighted by Crippen LogP contribution is 2.36. The maximum atomic E-state index is 4.67. The number of piperazine rings is 1. The van der Waals surface area contributed by atoms with E-state index < -0.39 is 0 Å². The Bertz CT molecular complexity index is 4640. The number of nitrogens with zero attached hydrogens (tertiary/aromatic N) is 13. The van der Waals surface area contributed by atoms with Crippen molar-refractivity contribution >= 4 is 156 Å². The van der Waals surface area contributed by atoms with Crippen LogP contribution >= 0.6 is 109 Å². The van der Waals surface area contributed by atoms with Gasteiger partial charge < -0.3 is 26.2 Å². The number of piperidine rings is 3. The molecule has 0 aliphatic carbocycles. The molecule has 0 amide bonds. The Hall–Kier alpha value is -7.08. The van der Waals surface area contributed by atoms with Gasteiger partial charge in [0.2, 0.25) is 23.8 Å². The lowest BCUT2D eigenvalue weighted by atomic mass is 9.94. The Morgan fingerprint density at radius 3 is 0.944 bits per heavy atom. The second kappa shape index (κ2) is 40.2. The molecule has 4 aromatic carbocycles. The number of thiophene rings is 4. The molecule has 0 spiro atoms. The maximum Gasteiger partial charge on any atom is 0.227 e. The van der Waals surface area contributed by atoms with Gasteiger partial charge in [-0.15, -0.1) is 45.3 Å². The van der Waals surface area contributed by atoms with Crippen LogP contribution in [-0.2, 0) is 26.2 Å². The number of anilines is 8. The van der Waals surface area contributed by atoms with Gasteiger partial charge in [-0.25, -0.2) is 39.9 Å². The first kappa shape index (κ1) is 79.0. The Kier molecular flexibility index (Phi) is 29.4. The average Bonchev–Trinajstić information content (AvgIpc) is 1.58. The number of halogens is 4. The van der Waals surface area contributed by atoms with Crippen LogP contribution in [0.4, 0.5) is 46.5 Å². The fourth-order valence-electron chi connectivity index (χ4n) is 13.5. The molecule has 0 unspecified atom stereocenters. The molecule has 0 atom stereocenters. The number of likely N-dealkylation sites (tertiary alicyclic amines) is 3. The lowest BCUT2D eigenvalue weighted by molar-refractivity contribution is 0.148. The molecule has 12 aromatic rings. The lowest BCUT2D eigenvalue weighted by Gasteiger charge is -2.32. The SMILES string of the molecule is Brc1ccc(-c2ccnc(Nc3cccc(CN4CCCCC4)c3)n2)s1.CC1CCN(Cc2cccc(Nc3nccc(-c4ccc(Br)s4)n3)c2)CC1.CCC1CCN(Cc2cccc(Nc3nccc(-c4ccc(Br)s4)n3)c2)CC1.CN1CCN(Cc2cccc(Nc3nccc(-c4ccc(Br)s4)n3)c2)CC1. The van der Waals surface area contributed by atoms with Gasteiger partial charge in [-0.05, 0) is 304 Å². The second-order valence-corrected chi connectivity index (χ2v) is 37.6. The number of benzene rings is 4. The van der Waals surface area contributed by atoms with Crippen molar-refractivity contribution in [3.8, 4) is 42.3 Å². The maximum absolute atomic E-state index is 4.67. The minimum absolute atomic E-state index is 0.619. The first-order chi connectivity index (χ1) is 52.8. The molecule has 4 aliphatic rings. The normalized spacial score (nSPS) is 15.6. The topological polar surface area (TPSA) is 167 Å². The summed E-state index contributed by atoms with van der Waals surface area (Å²) in [6.07, 6.45) is 17.8. The molecule has 4 saturated heterocycles. The summed E-state index contributed by atoms with van der Waals surface area (Å²) in [5.74, 6) is 4.28. The summed E-state index contributed by atoms with van der Waals surface area (Å²) in [6.45, 7) is 20.4. The third kappa shape index (κ3) is 24.5. The van der Waals surface area contributed by atoms with E-state index in [1.165, 1.54) is 113 Å². The fraction of sp³-hybridized carbons (Fsp3) is 0.325. The largest absolute Gasteiger partial charge is 0.324 e. The molecule has 0 radical (unpaired) electrons. The van der Waals surface area contributed by atoms with E-state index in [1.54, 1.807) is 70.1 Å². The van der Waals surface area contributed by atoms with Crippen LogP contribution in [0.3, 0.4) is 0 Å². The van der Waals surface area contributed by atoms with Crippen molar-refractivity contribution in [2.24, 2.45) is 11.8 Å². The van der Waals surface area contributed by atoms with Crippen LogP contribution < -0.4 is 21.3 Å². The minimum Gasteiger partial charge on any atom is -0.324 e. The Labute approximate surface area is 685 Å². The fourth-order valence-corrected chi connectivity index (χ4v) is 18.9. The first-order valence-corrected chi connectivity index (χ1v) is 43.6. The van der Waals surface area contributed by atoms with Crippen molar-refractivity contribution in [2.75, 3.05) is 93.8 Å². The number of rotatable bonds is 21. The van der Waals surface area contributed by atoms with E-state index in [9.17, 15) is 0 Å². The van der Waals surface area contributed by atoms with Gasteiger partial charge in [0, 0.05) is 99.9 Å². The van der Waals surface area contributed by atoms with Gasteiger partial charge in [-0.3, -0.25) is 19.6 Å². The highest BCUT2D eigenvalue weighted by Gasteiger charge is 2.21. The van der Waals surface area contributed by atoms with Crippen molar-refractivity contribution in [3.63, 3.8) is 0 Å². The molecule has 4 aliphatic heterocycles. The lowest BCUT2D eigenvalue weighted by Crippen LogP contribution is -2.43. The number of nitrogens with one attached hydrogen (secondary N) is 4.